The van der Waals surface area contributed by atoms with Gasteiger partial charge in [0.05, 0.1) is 5.56 Å². The molecule has 0 saturated carbocycles. The molecule has 29 heavy (non-hydrogen) atoms. The molecule has 1 heterocycles. The lowest BCUT2D eigenvalue weighted by Crippen LogP contribution is -2.27. The van der Waals surface area contributed by atoms with Crippen molar-refractivity contribution in [2.45, 2.75) is 6.92 Å². The van der Waals surface area contributed by atoms with Crippen molar-refractivity contribution in [1.29, 1.82) is 0 Å². The number of fused-ring (bicyclic) bond motifs is 2. The van der Waals surface area contributed by atoms with Gasteiger partial charge < -0.3 is 15.0 Å². The predicted octanol–water partition coefficient (Wildman–Crippen LogP) is 5.21. The van der Waals surface area contributed by atoms with Crippen LogP contribution in [0.15, 0.2) is 71.7 Å². The zero-order valence-corrected chi connectivity index (χ0v) is 16.1. The first-order chi connectivity index (χ1) is 14.0. The van der Waals surface area contributed by atoms with E-state index in [-0.39, 0.29) is 11.5 Å². The van der Waals surface area contributed by atoms with Gasteiger partial charge in [-0.05, 0) is 55.5 Å². The van der Waals surface area contributed by atoms with E-state index in [1.165, 1.54) is 18.2 Å². The zero-order chi connectivity index (χ0) is 20.4. The van der Waals surface area contributed by atoms with Crippen molar-refractivity contribution in [3.8, 4) is 11.5 Å². The predicted molar refractivity (Wildman–Crippen MR) is 112 cm³/mol. The third kappa shape index (κ3) is 3.82. The molecule has 1 aliphatic heterocycles. The Labute approximate surface area is 168 Å². The van der Waals surface area contributed by atoms with Crippen LogP contribution >= 0.6 is 0 Å². The Bertz CT molecular complexity index is 1110. The second-order valence-electron chi connectivity index (χ2n) is 6.69. The van der Waals surface area contributed by atoms with Crippen LogP contribution in [0.5, 0.6) is 11.5 Å². The molecule has 6 heteroatoms. The van der Waals surface area contributed by atoms with Crippen molar-refractivity contribution in [3.63, 3.8) is 0 Å². The van der Waals surface area contributed by atoms with Crippen LogP contribution in [0.1, 0.15) is 22.8 Å². The summed E-state index contributed by atoms with van der Waals surface area (Å²) < 4.78 is 19.5. The number of aliphatic imine (C=N–C) groups is 1. The van der Waals surface area contributed by atoms with E-state index in [1.807, 2.05) is 49.2 Å². The molecule has 146 valence electrons. The van der Waals surface area contributed by atoms with E-state index in [0.717, 1.165) is 23.6 Å². The highest BCUT2D eigenvalue weighted by Crippen LogP contribution is 2.38. The Kier molecular flexibility index (Phi) is 4.99. The molecule has 0 saturated heterocycles. The van der Waals surface area contributed by atoms with Gasteiger partial charge in [-0.2, -0.15) is 0 Å². The molecule has 1 aliphatic rings. The lowest BCUT2D eigenvalue weighted by atomic mass is 10.1. The van der Waals surface area contributed by atoms with Gasteiger partial charge in [-0.1, -0.05) is 18.2 Å². The van der Waals surface area contributed by atoms with E-state index in [2.05, 4.69) is 5.32 Å². The molecular weight excluding hydrogens is 369 g/mol. The van der Waals surface area contributed by atoms with Crippen molar-refractivity contribution in [2.24, 2.45) is 4.99 Å². The fraction of sp³-hybridized carbons (Fsp3) is 0.130. The van der Waals surface area contributed by atoms with Gasteiger partial charge in [0, 0.05) is 24.8 Å². The van der Waals surface area contributed by atoms with Crippen molar-refractivity contribution in [3.05, 3.63) is 83.7 Å². The van der Waals surface area contributed by atoms with Gasteiger partial charge in [0.1, 0.15) is 23.1 Å². The monoisotopic (exact) mass is 389 g/mol. The highest BCUT2D eigenvalue weighted by atomic mass is 19.1. The van der Waals surface area contributed by atoms with Crippen molar-refractivity contribution in [2.75, 3.05) is 18.9 Å². The largest absolute Gasteiger partial charge is 0.454 e. The molecule has 5 nitrogen and oxygen atoms in total. The van der Waals surface area contributed by atoms with Crippen LogP contribution in [-0.4, -0.2) is 30.2 Å². The van der Waals surface area contributed by atoms with E-state index in [9.17, 15) is 9.18 Å². The molecule has 4 rings (SSSR count). The minimum absolute atomic E-state index is 0.253. The summed E-state index contributed by atoms with van der Waals surface area (Å²) in [6.45, 7) is 2.79. The number of carbonyl (C=O) groups excluding carboxylic acids is 1. The maximum atomic E-state index is 13.4. The first-order valence-electron chi connectivity index (χ1n) is 9.33. The average molecular weight is 389 g/mol. The number of hydrogen-bond acceptors (Lipinski definition) is 4. The van der Waals surface area contributed by atoms with E-state index in [0.29, 0.717) is 17.2 Å². The first-order valence-corrected chi connectivity index (χ1v) is 9.33. The summed E-state index contributed by atoms with van der Waals surface area (Å²) >= 11 is 0. The maximum absolute atomic E-state index is 13.4. The minimum Gasteiger partial charge on any atom is -0.454 e. The number of amides is 1. The van der Waals surface area contributed by atoms with Crippen LogP contribution in [0.2, 0.25) is 0 Å². The highest BCUT2D eigenvalue weighted by molar-refractivity contribution is 6.07. The number of para-hydroxylation sites is 2. The molecule has 1 amide bonds. The standard InChI is InChI=1S/C23H20FN3O2/c1-3-27(2)22-18-14-17(25-23(28)15-7-6-8-16(24)13-15)11-12-20(18)29-21-10-5-4-9-19(21)26-22/h4-14H,3H2,1-2H3,(H,25,28). The topological polar surface area (TPSA) is 53.9 Å². The number of anilines is 1. The van der Waals surface area contributed by atoms with Crippen LogP contribution in [0.3, 0.4) is 0 Å². The summed E-state index contributed by atoms with van der Waals surface area (Å²) in [7, 11) is 1.95. The Morgan fingerprint density at radius 2 is 1.90 bits per heavy atom. The van der Waals surface area contributed by atoms with Crippen LogP contribution in [0, 0.1) is 5.82 Å². The van der Waals surface area contributed by atoms with Crippen LogP contribution in [-0.2, 0) is 0 Å². The summed E-state index contributed by atoms with van der Waals surface area (Å²) in [6, 6.07) is 18.6. The van der Waals surface area contributed by atoms with Crippen LogP contribution < -0.4 is 10.1 Å². The van der Waals surface area contributed by atoms with Gasteiger partial charge in [0.15, 0.2) is 5.75 Å². The molecule has 0 bridgehead atoms. The molecule has 0 aromatic heterocycles. The third-order valence-corrected chi connectivity index (χ3v) is 4.71. The second kappa shape index (κ2) is 7.75. The highest BCUT2D eigenvalue weighted by Gasteiger charge is 2.21. The number of rotatable bonds is 3. The molecule has 1 N–H and O–H groups in total. The van der Waals surface area contributed by atoms with Crippen LogP contribution in [0.25, 0.3) is 0 Å². The summed E-state index contributed by atoms with van der Waals surface area (Å²) in [5.41, 5.74) is 2.33. The number of ether oxygens (including phenoxy) is 1. The van der Waals surface area contributed by atoms with Gasteiger partial charge in [0.25, 0.3) is 5.91 Å². The summed E-state index contributed by atoms with van der Waals surface area (Å²) in [6.07, 6.45) is 0. The maximum Gasteiger partial charge on any atom is 0.255 e. The number of carbonyl (C=O) groups is 1. The Hall–Kier alpha value is -3.67. The number of nitrogens with zero attached hydrogens (tertiary/aromatic N) is 2. The number of amidine groups is 1. The molecule has 0 unspecified atom stereocenters. The quantitative estimate of drug-likeness (QED) is 0.669. The smallest absolute Gasteiger partial charge is 0.255 e. The number of hydrogen-bond donors (Lipinski definition) is 1. The van der Waals surface area contributed by atoms with E-state index in [4.69, 9.17) is 9.73 Å². The van der Waals surface area contributed by atoms with Crippen molar-refractivity contribution >= 4 is 23.1 Å². The third-order valence-electron chi connectivity index (χ3n) is 4.71. The zero-order valence-electron chi connectivity index (χ0n) is 16.1. The fourth-order valence-electron chi connectivity index (χ4n) is 3.07. The van der Waals surface area contributed by atoms with E-state index < -0.39 is 5.82 Å². The van der Waals surface area contributed by atoms with E-state index in [1.54, 1.807) is 18.2 Å². The van der Waals surface area contributed by atoms with Gasteiger partial charge in [-0.25, -0.2) is 9.38 Å². The first kappa shape index (κ1) is 18.7. The number of halogens is 1. The Morgan fingerprint density at radius 3 is 2.69 bits per heavy atom. The summed E-state index contributed by atoms with van der Waals surface area (Å²) in [5, 5.41) is 2.82. The fourth-order valence-corrected chi connectivity index (χ4v) is 3.07. The summed E-state index contributed by atoms with van der Waals surface area (Å²) in [5.74, 6) is 1.23. The molecule has 0 fully saturated rings. The average Bonchev–Trinajstić information content (AvgIpc) is 2.89. The SMILES string of the molecule is CCN(C)C1=Nc2ccccc2Oc2ccc(NC(=O)c3cccc(F)c3)cc21. The lowest BCUT2D eigenvalue weighted by Gasteiger charge is -2.20. The summed E-state index contributed by atoms with van der Waals surface area (Å²) in [4.78, 5) is 19.3. The number of nitrogens with one attached hydrogen (secondary N) is 1. The van der Waals surface area contributed by atoms with Gasteiger partial charge in [-0.3, -0.25) is 4.79 Å². The van der Waals surface area contributed by atoms with Gasteiger partial charge in [0.2, 0.25) is 0 Å². The molecule has 0 spiro atoms. The normalized spacial score (nSPS) is 12.0. The number of benzene rings is 3. The van der Waals surface area contributed by atoms with Crippen molar-refractivity contribution in [1.82, 2.24) is 4.90 Å². The molecule has 3 aromatic carbocycles. The van der Waals surface area contributed by atoms with Gasteiger partial charge >= 0.3 is 0 Å². The minimum atomic E-state index is -0.454. The van der Waals surface area contributed by atoms with Crippen LogP contribution in [0.4, 0.5) is 15.8 Å². The Balaban J connectivity index is 1.72. The van der Waals surface area contributed by atoms with Crippen molar-refractivity contribution < 1.29 is 13.9 Å². The lowest BCUT2D eigenvalue weighted by molar-refractivity contribution is 0.102. The second-order valence-corrected chi connectivity index (χ2v) is 6.69. The molecule has 0 aliphatic carbocycles. The molecule has 3 aromatic rings. The molecular formula is C23H20FN3O2. The molecule has 0 atom stereocenters. The van der Waals surface area contributed by atoms with E-state index >= 15 is 0 Å². The molecule has 0 radical (unpaired) electrons. The Morgan fingerprint density at radius 1 is 1.07 bits per heavy atom. The van der Waals surface area contributed by atoms with Gasteiger partial charge in [-0.15, -0.1) is 0 Å².